The topological polar surface area (TPSA) is 19.9 Å². The molecule has 0 bridgehead atoms. The maximum atomic E-state index is 14.3. The van der Waals surface area contributed by atoms with Crippen molar-refractivity contribution < 1.29 is 9.50 Å². The third kappa shape index (κ3) is 2.34. The molecule has 0 heterocycles. The summed E-state index contributed by atoms with van der Waals surface area (Å²) < 4.78 is 14.3. The molecular formula is C19H14FO. The van der Waals surface area contributed by atoms with E-state index in [1.165, 1.54) is 6.07 Å². The van der Waals surface area contributed by atoms with Crippen LogP contribution in [0.3, 0.4) is 0 Å². The van der Waals surface area contributed by atoms with E-state index in [0.29, 0.717) is 11.1 Å². The fourth-order valence-electron chi connectivity index (χ4n) is 2.57. The average molecular weight is 277 g/mol. The molecule has 2 heteroatoms. The number of halogens is 1. The minimum Gasteiger partial charge on any atom is -0.214 e. The zero-order chi connectivity index (χ0) is 14.7. The standard InChI is InChI=1S/C19H14FO/c20-18-14-8-7-13-17(18)19(21,15-9-3-1-4-10-15)16-11-5-2-6-12-16/h1-14H. The second-order valence-corrected chi connectivity index (χ2v) is 4.89. The van der Waals surface area contributed by atoms with Crippen LogP contribution >= 0.6 is 0 Å². The molecule has 0 amide bonds. The average Bonchev–Trinajstić information content (AvgIpc) is 2.56. The Morgan fingerprint density at radius 1 is 0.619 bits per heavy atom. The van der Waals surface area contributed by atoms with E-state index in [9.17, 15) is 9.50 Å². The quantitative estimate of drug-likeness (QED) is 0.626. The molecule has 0 fully saturated rings. The van der Waals surface area contributed by atoms with Crippen molar-refractivity contribution >= 4 is 0 Å². The first kappa shape index (κ1) is 13.5. The summed E-state index contributed by atoms with van der Waals surface area (Å²) in [4.78, 5) is 0. The fraction of sp³-hybridized carbons (Fsp3) is 0.0526. The van der Waals surface area contributed by atoms with Crippen molar-refractivity contribution in [2.45, 2.75) is 5.60 Å². The van der Waals surface area contributed by atoms with E-state index < -0.39 is 11.4 Å². The van der Waals surface area contributed by atoms with E-state index in [4.69, 9.17) is 0 Å². The zero-order valence-electron chi connectivity index (χ0n) is 11.4. The predicted molar refractivity (Wildman–Crippen MR) is 79.9 cm³/mol. The molecule has 103 valence electrons. The van der Waals surface area contributed by atoms with Gasteiger partial charge in [0.25, 0.3) is 0 Å². The molecule has 0 aliphatic carbocycles. The lowest BCUT2D eigenvalue weighted by molar-refractivity contribution is 0.0379. The van der Waals surface area contributed by atoms with Crippen LogP contribution in [0.5, 0.6) is 0 Å². The van der Waals surface area contributed by atoms with Crippen molar-refractivity contribution in [2.24, 2.45) is 0 Å². The Bertz CT molecular complexity index is 683. The van der Waals surface area contributed by atoms with E-state index in [2.05, 4.69) is 0 Å². The van der Waals surface area contributed by atoms with Gasteiger partial charge in [0.05, 0.1) is 0 Å². The highest BCUT2D eigenvalue weighted by Crippen LogP contribution is 2.38. The smallest absolute Gasteiger partial charge is 0.181 e. The Morgan fingerprint density at radius 2 is 1.05 bits per heavy atom. The monoisotopic (exact) mass is 277 g/mol. The highest BCUT2D eigenvalue weighted by atomic mass is 19.1. The van der Waals surface area contributed by atoms with Gasteiger partial charge in [-0.15, -0.1) is 0 Å². The van der Waals surface area contributed by atoms with Crippen LogP contribution in [-0.4, -0.2) is 0 Å². The molecule has 0 spiro atoms. The number of hydrogen-bond acceptors (Lipinski definition) is 0. The molecule has 1 radical (unpaired) electrons. The minimum absolute atomic E-state index is 0.141. The van der Waals surface area contributed by atoms with E-state index in [0.717, 1.165) is 0 Å². The Morgan fingerprint density at radius 3 is 1.52 bits per heavy atom. The SMILES string of the molecule is [O]C(c1ccccc1)(c1ccccc1)c1ccccc1F. The van der Waals surface area contributed by atoms with Crippen molar-refractivity contribution in [1.29, 1.82) is 0 Å². The van der Waals surface area contributed by atoms with Crippen LogP contribution < -0.4 is 0 Å². The summed E-state index contributed by atoms with van der Waals surface area (Å²) >= 11 is 0. The van der Waals surface area contributed by atoms with Crippen LogP contribution in [0, 0.1) is 5.82 Å². The van der Waals surface area contributed by atoms with Gasteiger partial charge in [-0.2, -0.15) is 0 Å². The molecule has 3 aromatic carbocycles. The second kappa shape index (κ2) is 5.51. The molecule has 0 saturated heterocycles. The van der Waals surface area contributed by atoms with Gasteiger partial charge < -0.3 is 0 Å². The first-order chi connectivity index (χ1) is 10.2. The van der Waals surface area contributed by atoms with Crippen molar-refractivity contribution in [2.75, 3.05) is 0 Å². The van der Waals surface area contributed by atoms with Gasteiger partial charge >= 0.3 is 0 Å². The first-order valence-electron chi connectivity index (χ1n) is 6.79. The molecule has 0 aromatic heterocycles. The summed E-state index contributed by atoms with van der Waals surface area (Å²) in [5.74, 6) is -0.486. The van der Waals surface area contributed by atoms with Crippen LogP contribution in [0.1, 0.15) is 16.7 Å². The van der Waals surface area contributed by atoms with Gasteiger partial charge in [-0.1, -0.05) is 78.9 Å². The lowest BCUT2D eigenvalue weighted by atomic mass is 9.80. The maximum absolute atomic E-state index is 14.3. The molecule has 0 aliphatic rings. The minimum atomic E-state index is -1.76. The van der Waals surface area contributed by atoms with Gasteiger partial charge in [-0.3, -0.25) is 0 Å². The summed E-state index contributed by atoms with van der Waals surface area (Å²) in [5, 5.41) is 13.7. The summed E-state index contributed by atoms with van der Waals surface area (Å²) in [7, 11) is 0. The Balaban J connectivity index is 2.29. The molecule has 0 unspecified atom stereocenters. The molecule has 1 nitrogen and oxygen atoms in total. The lowest BCUT2D eigenvalue weighted by Crippen LogP contribution is -2.28. The highest BCUT2D eigenvalue weighted by Gasteiger charge is 2.38. The molecule has 21 heavy (non-hydrogen) atoms. The van der Waals surface area contributed by atoms with Crippen LogP contribution in [0.2, 0.25) is 0 Å². The summed E-state index contributed by atoms with van der Waals surface area (Å²) in [5.41, 5.74) is -0.557. The van der Waals surface area contributed by atoms with Gasteiger partial charge in [0.1, 0.15) is 5.82 Å². The van der Waals surface area contributed by atoms with Crippen LogP contribution in [0.4, 0.5) is 4.39 Å². The highest BCUT2D eigenvalue weighted by molar-refractivity contribution is 5.47. The summed E-state index contributed by atoms with van der Waals surface area (Å²) in [6.45, 7) is 0. The Labute approximate surface area is 123 Å². The first-order valence-corrected chi connectivity index (χ1v) is 6.79. The van der Waals surface area contributed by atoms with Gasteiger partial charge in [-0.25, -0.2) is 9.50 Å². The molecule has 0 N–H and O–H groups in total. The van der Waals surface area contributed by atoms with Crippen LogP contribution in [-0.2, 0) is 10.7 Å². The fourth-order valence-corrected chi connectivity index (χ4v) is 2.57. The van der Waals surface area contributed by atoms with Crippen molar-refractivity contribution in [1.82, 2.24) is 0 Å². The summed E-state index contributed by atoms with van der Waals surface area (Å²) in [6.07, 6.45) is 0. The van der Waals surface area contributed by atoms with Crippen molar-refractivity contribution in [3.63, 3.8) is 0 Å². The van der Waals surface area contributed by atoms with E-state index in [1.54, 1.807) is 66.7 Å². The third-order valence-corrected chi connectivity index (χ3v) is 3.61. The maximum Gasteiger partial charge on any atom is 0.181 e. The van der Waals surface area contributed by atoms with E-state index >= 15 is 0 Å². The molecular weight excluding hydrogens is 263 g/mol. The number of rotatable bonds is 3. The van der Waals surface area contributed by atoms with Crippen molar-refractivity contribution in [3.8, 4) is 0 Å². The van der Waals surface area contributed by atoms with Gasteiger partial charge in [0.15, 0.2) is 5.60 Å². The number of hydrogen-bond donors (Lipinski definition) is 0. The van der Waals surface area contributed by atoms with E-state index in [-0.39, 0.29) is 5.56 Å². The number of benzene rings is 3. The summed E-state index contributed by atoms with van der Waals surface area (Å²) in [6, 6.07) is 24.0. The van der Waals surface area contributed by atoms with Crippen molar-refractivity contribution in [3.05, 3.63) is 107 Å². The van der Waals surface area contributed by atoms with E-state index in [1.807, 2.05) is 12.1 Å². The second-order valence-electron chi connectivity index (χ2n) is 4.89. The lowest BCUT2D eigenvalue weighted by Gasteiger charge is -2.27. The molecule has 0 atom stereocenters. The largest absolute Gasteiger partial charge is 0.214 e. The van der Waals surface area contributed by atoms with Crippen LogP contribution in [0.15, 0.2) is 84.9 Å². The Kier molecular flexibility index (Phi) is 3.55. The van der Waals surface area contributed by atoms with Gasteiger partial charge in [0, 0.05) is 5.56 Å². The Hall–Kier alpha value is -2.45. The molecule has 0 saturated carbocycles. The van der Waals surface area contributed by atoms with Crippen LogP contribution in [0.25, 0.3) is 0 Å². The van der Waals surface area contributed by atoms with Gasteiger partial charge in [0.2, 0.25) is 0 Å². The third-order valence-electron chi connectivity index (χ3n) is 3.61. The van der Waals surface area contributed by atoms with Gasteiger partial charge in [-0.05, 0) is 17.2 Å². The normalized spacial score (nSPS) is 11.3. The molecule has 3 aromatic rings. The predicted octanol–water partition coefficient (Wildman–Crippen LogP) is 4.55. The molecule has 3 rings (SSSR count). The molecule has 0 aliphatic heterocycles. The zero-order valence-corrected chi connectivity index (χ0v) is 11.4.